The molecule has 0 atom stereocenters. The topological polar surface area (TPSA) is 0 Å². The lowest BCUT2D eigenvalue weighted by molar-refractivity contribution is 0.589. The van der Waals surface area contributed by atoms with Gasteiger partial charge in [-0.2, -0.15) is 0 Å². The Balaban J connectivity index is 1.17. The van der Waals surface area contributed by atoms with Crippen LogP contribution in [-0.4, -0.2) is 0 Å². The van der Waals surface area contributed by atoms with Crippen LogP contribution in [0, 0.1) is 13.8 Å². The summed E-state index contributed by atoms with van der Waals surface area (Å²) >= 11 is 0. The summed E-state index contributed by atoms with van der Waals surface area (Å²) in [6.07, 6.45) is 0. The SMILES string of the molecule is Cc1ccccc1-c1cccc(-c2cc(-c3ccccc3)cc(-c3cccc(-c4ccccc4C)c3C3c4ccc(C(C)(C)C)cc4-c4cc(C(C)(C)C)ccc43)c2)c1C1c2ccc(C(C)(C)C)cc2-c2cc(C(C)(C)C)ccc21. The van der Waals surface area contributed by atoms with Crippen LogP contribution in [0.2, 0.25) is 0 Å². The largest absolute Gasteiger partial charge is 0.0622 e. The summed E-state index contributed by atoms with van der Waals surface area (Å²) < 4.78 is 0. The Hall–Kier alpha value is -7.80. The van der Waals surface area contributed by atoms with Crippen molar-refractivity contribution in [1.29, 1.82) is 0 Å². The van der Waals surface area contributed by atoms with Gasteiger partial charge in [0.1, 0.15) is 0 Å². The highest BCUT2D eigenvalue weighted by atomic mass is 14.4. The molecular formula is C80H78. The van der Waals surface area contributed by atoms with Crippen LogP contribution < -0.4 is 0 Å². The normalized spacial score (nSPS) is 13.5. The summed E-state index contributed by atoms with van der Waals surface area (Å²) in [5, 5.41) is 0. The lowest BCUT2D eigenvalue weighted by atomic mass is 9.76. The van der Waals surface area contributed by atoms with E-state index in [0.717, 1.165) is 0 Å². The van der Waals surface area contributed by atoms with Crippen LogP contribution >= 0.6 is 0 Å². The van der Waals surface area contributed by atoms with Gasteiger partial charge in [0.2, 0.25) is 0 Å². The molecule has 0 heteroatoms. The highest BCUT2D eigenvalue weighted by molar-refractivity contribution is 5.94. The van der Waals surface area contributed by atoms with E-state index in [1.165, 1.54) is 145 Å². The van der Waals surface area contributed by atoms with Gasteiger partial charge in [0.25, 0.3) is 0 Å². The Labute approximate surface area is 478 Å². The molecule has 80 heavy (non-hydrogen) atoms. The van der Waals surface area contributed by atoms with Gasteiger partial charge >= 0.3 is 0 Å². The molecule has 0 heterocycles. The summed E-state index contributed by atoms with van der Waals surface area (Å²) in [4.78, 5) is 0. The Morgan fingerprint density at radius 1 is 0.225 bits per heavy atom. The molecule has 0 spiro atoms. The van der Waals surface area contributed by atoms with Crippen LogP contribution in [0.3, 0.4) is 0 Å². The number of hydrogen-bond donors (Lipinski definition) is 0. The van der Waals surface area contributed by atoms with Gasteiger partial charge in [0.15, 0.2) is 0 Å². The molecule has 0 nitrogen and oxygen atoms in total. The van der Waals surface area contributed by atoms with Crippen LogP contribution in [0.5, 0.6) is 0 Å². The molecule has 0 N–H and O–H groups in total. The lowest BCUT2D eigenvalue weighted by Gasteiger charge is -2.27. The van der Waals surface area contributed by atoms with Gasteiger partial charge in [-0.1, -0.05) is 271 Å². The van der Waals surface area contributed by atoms with E-state index in [1.54, 1.807) is 0 Å². The fraction of sp³-hybridized carbons (Fsp3) is 0.250. The van der Waals surface area contributed by atoms with Crippen molar-refractivity contribution in [3.63, 3.8) is 0 Å². The monoisotopic (exact) mass is 1040 g/mol. The molecule has 10 aromatic rings. The predicted molar refractivity (Wildman–Crippen MR) is 344 cm³/mol. The van der Waals surface area contributed by atoms with E-state index in [-0.39, 0.29) is 33.5 Å². The third-order valence-electron chi connectivity index (χ3n) is 17.8. The molecule has 0 radical (unpaired) electrons. The van der Waals surface area contributed by atoms with E-state index in [4.69, 9.17) is 0 Å². The summed E-state index contributed by atoms with van der Waals surface area (Å²) in [6, 6.07) is 80.4. The first-order valence-corrected chi connectivity index (χ1v) is 29.2. The van der Waals surface area contributed by atoms with Crippen LogP contribution in [0.4, 0.5) is 0 Å². The van der Waals surface area contributed by atoms with Crippen LogP contribution in [0.1, 0.15) is 162 Å². The Bertz CT molecular complexity index is 3680. The highest BCUT2D eigenvalue weighted by Gasteiger charge is 2.38. The summed E-state index contributed by atoms with van der Waals surface area (Å²) in [7, 11) is 0. The van der Waals surface area contributed by atoms with E-state index in [1.807, 2.05) is 0 Å². The van der Waals surface area contributed by atoms with Crippen molar-refractivity contribution in [2.75, 3.05) is 0 Å². The fourth-order valence-corrected chi connectivity index (χ4v) is 13.2. The minimum absolute atomic E-state index is 0.00380. The van der Waals surface area contributed by atoms with Crippen molar-refractivity contribution < 1.29 is 0 Å². The van der Waals surface area contributed by atoms with E-state index in [2.05, 4.69) is 303 Å². The third-order valence-corrected chi connectivity index (χ3v) is 17.8. The number of fused-ring (bicyclic) bond motifs is 6. The van der Waals surface area contributed by atoms with Gasteiger partial charge in [-0.25, -0.2) is 0 Å². The second-order valence-electron chi connectivity index (χ2n) is 27.4. The van der Waals surface area contributed by atoms with Crippen LogP contribution in [-0.2, 0) is 21.7 Å². The highest BCUT2D eigenvalue weighted by Crippen LogP contribution is 2.57. The molecule has 12 rings (SSSR count). The molecule has 0 fully saturated rings. The van der Waals surface area contributed by atoms with Crippen molar-refractivity contribution in [1.82, 2.24) is 0 Å². The molecule has 0 bridgehead atoms. The van der Waals surface area contributed by atoms with Gasteiger partial charge in [-0.15, -0.1) is 0 Å². The Morgan fingerprint density at radius 2 is 0.512 bits per heavy atom. The van der Waals surface area contributed by atoms with Crippen molar-refractivity contribution >= 4 is 0 Å². The number of aryl methyl sites for hydroxylation is 2. The van der Waals surface area contributed by atoms with Crippen molar-refractivity contribution in [2.45, 2.75) is 130 Å². The Morgan fingerprint density at radius 3 is 0.838 bits per heavy atom. The minimum atomic E-state index is -0.0138. The minimum Gasteiger partial charge on any atom is -0.0622 e. The second-order valence-corrected chi connectivity index (χ2v) is 27.4. The molecule has 0 aromatic heterocycles. The summed E-state index contributed by atoms with van der Waals surface area (Å²) in [6.45, 7) is 32.7. The molecule has 0 saturated heterocycles. The maximum atomic E-state index is 2.54. The summed E-state index contributed by atoms with van der Waals surface area (Å²) in [5.41, 5.74) is 34.0. The van der Waals surface area contributed by atoms with Gasteiger partial charge in [-0.3, -0.25) is 0 Å². The third kappa shape index (κ3) is 9.29. The maximum Gasteiger partial charge on any atom is 0.0364 e. The molecular weight excluding hydrogens is 961 g/mol. The van der Waals surface area contributed by atoms with Crippen molar-refractivity contribution in [3.05, 3.63) is 273 Å². The molecule has 10 aromatic carbocycles. The van der Waals surface area contributed by atoms with E-state index >= 15 is 0 Å². The number of rotatable bonds is 7. The van der Waals surface area contributed by atoms with Crippen LogP contribution in [0.15, 0.2) is 206 Å². The number of hydrogen-bond acceptors (Lipinski definition) is 0. The molecule has 0 amide bonds. The van der Waals surface area contributed by atoms with Gasteiger partial charge in [-0.05, 0) is 198 Å². The number of benzene rings is 10. The molecule has 398 valence electrons. The molecule has 0 saturated carbocycles. The predicted octanol–water partition coefficient (Wildman–Crippen LogP) is 22.1. The zero-order chi connectivity index (χ0) is 56.2. The maximum absolute atomic E-state index is 2.54. The smallest absolute Gasteiger partial charge is 0.0364 e. The van der Waals surface area contributed by atoms with E-state index in [9.17, 15) is 0 Å². The van der Waals surface area contributed by atoms with Crippen molar-refractivity contribution in [2.24, 2.45) is 0 Å². The molecule has 2 aliphatic rings. The van der Waals surface area contributed by atoms with Gasteiger partial charge in [0, 0.05) is 11.8 Å². The zero-order valence-corrected chi connectivity index (χ0v) is 49.8. The Kier molecular flexibility index (Phi) is 12.9. The van der Waals surface area contributed by atoms with Gasteiger partial charge < -0.3 is 0 Å². The lowest BCUT2D eigenvalue weighted by Crippen LogP contribution is -2.11. The quantitative estimate of drug-likeness (QED) is 0.149. The fourth-order valence-electron chi connectivity index (χ4n) is 13.2. The van der Waals surface area contributed by atoms with E-state index in [0.29, 0.717) is 0 Å². The standard InChI is InChI=1S/C80H78/c1-49-24-18-20-28-59(49)63-32-22-30-61(73(63)75-65-38-34-55(77(3,4)5)45-69(65)70-46-56(78(6,7)8)35-39-66(70)75)53-42-52(51-26-16-15-17-27-51)43-54(44-53)62-31-23-33-64(60-29-21-19-25-50(60)2)74(62)76-67-40-36-57(79(9,10)11)47-71(67)72-48-58(80(12,13)14)37-41-68(72)76/h15-48,75-76H,1-14H3. The zero-order valence-electron chi connectivity index (χ0n) is 49.8. The molecule has 0 unspecified atom stereocenters. The first-order chi connectivity index (χ1) is 38.0. The second kappa shape index (κ2) is 19.5. The summed E-state index contributed by atoms with van der Waals surface area (Å²) in [5.74, 6) is -0.0276. The average molecular weight is 1040 g/mol. The average Bonchev–Trinajstić information content (AvgIpc) is 3.10. The van der Waals surface area contributed by atoms with Crippen molar-refractivity contribution in [3.8, 4) is 77.9 Å². The first kappa shape index (κ1) is 52.9. The van der Waals surface area contributed by atoms with Gasteiger partial charge in [0.05, 0.1) is 0 Å². The molecule has 0 aliphatic heterocycles. The van der Waals surface area contributed by atoms with E-state index < -0.39 is 0 Å². The van der Waals surface area contributed by atoms with Crippen LogP contribution in [0.25, 0.3) is 77.9 Å². The first-order valence-electron chi connectivity index (χ1n) is 29.2. The molecule has 2 aliphatic carbocycles.